The molecule has 7 rings (SSSR count). The number of ether oxygens (including phenoxy) is 3. The quantitative estimate of drug-likeness (QED) is 0.412. The molecule has 3 saturated carbocycles. The van der Waals surface area contributed by atoms with E-state index in [-0.39, 0.29) is 53.9 Å². The molecule has 13 atom stereocenters. The van der Waals surface area contributed by atoms with Crippen LogP contribution in [0.4, 0.5) is 0 Å². The lowest BCUT2D eigenvalue weighted by molar-refractivity contribution is -0.209. The number of hydrogen-bond acceptors (Lipinski definition) is 8. The first-order valence-electron chi connectivity index (χ1n) is 14.6. The Morgan fingerprint density at radius 1 is 1.13 bits per heavy atom. The molecule has 39 heavy (non-hydrogen) atoms. The van der Waals surface area contributed by atoms with E-state index < -0.39 is 46.1 Å². The van der Waals surface area contributed by atoms with Gasteiger partial charge in [-0.25, -0.2) is 4.79 Å². The Hall–Kier alpha value is -2.03. The Morgan fingerprint density at radius 3 is 2.51 bits per heavy atom. The second-order valence-corrected chi connectivity index (χ2v) is 14.3. The summed E-state index contributed by atoms with van der Waals surface area (Å²) in [5, 5.41) is 24.4. The van der Waals surface area contributed by atoms with E-state index in [4.69, 9.17) is 14.2 Å². The first kappa shape index (κ1) is 25.9. The summed E-state index contributed by atoms with van der Waals surface area (Å²) in [5.74, 6) is -0.340. The molecule has 0 radical (unpaired) electrons. The summed E-state index contributed by atoms with van der Waals surface area (Å²) in [7, 11) is 0. The van der Waals surface area contributed by atoms with Crippen molar-refractivity contribution in [3.05, 3.63) is 23.0 Å². The summed E-state index contributed by atoms with van der Waals surface area (Å²) in [6.45, 7) is 11.0. The normalized spacial score (nSPS) is 52.6. The highest BCUT2D eigenvalue weighted by atomic mass is 16.7. The third-order valence-corrected chi connectivity index (χ3v) is 12.7. The minimum atomic E-state index is -1.46. The molecule has 0 aromatic heterocycles. The minimum Gasteiger partial charge on any atom is -0.479 e. The molecular formula is C31H40O8. The van der Waals surface area contributed by atoms with Crippen molar-refractivity contribution in [2.24, 2.45) is 40.4 Å². The molecule has 0 unspecified atom stereocenters. The number of epoxide rings is 2. The fourth-order valence-electron chi connectivity index (χ4n) is 10.6. The van der Waals surface area contributed by atoms with Crippen LogP contribution < -0.4 is 0 Å². The lowest BCUT2D eigenvalue weighted by Gasteiger charge is -2.60. The molecule has 8 heteroatoms. The maximum atomic E-state index is 13.6. The fourth-order valence-corrected chi connectivity index (χ4v) is 10.6. The number of carbonyl (C=O) groups excluding carboxylic acids is 3. The Kier molecular flexibility index (Phi) is 5.06. The molecule has 0 bridgehead atoms. The molecule has 7 aliphatic rings. The maximum absolute atomic E-state index is 13.6. The van der Waals surface area contributed by atoms with Gasteiger partial charge in [0.05, 0.1) is 17.6 Å². The van der Waals surface area contributed by atoms with E-state index in [0.717, 1.165) is 17.8 Å². The topological polar surface area (TPSA) is 126 Å². The maximum Gasteiger partial charge on any atom is 0.334 e. The van der Waals surface area contributed by atoms with E-state index in [2.05, 4.69) is 6.92 Å². The highest BCUT2D eigenvalue weighted by Crippen LogP contribution is 2.76. The SMILES string of the molecule is CC(=O)C[C@H]1C[C@H]2[C@@H]3C[C@H]4O[C@]45[C@H]4OC4=CC(=O)[C@]5(C)[C@H]3C[C@@H](O)[C@]2(C)[C@H]1[C@@](C)(O)[C@H]1CC(C)=C(C)C(=O)O1. The summed E-state index contributed by atoms with van der Waals surface area (Å²) >= 11 is 0. The van der Waals surface area contributed by atoms with Gasteiger partial charge >= 0.3 is 5.97 Å². The average Bonchev–Trinajstić information content (AvgIpc) is 3.74. The Bertz CT molecular complexity index is 1260. The number of allylic oxidation sites excluding steroid dienone is 1. The number of rotatable bonds is 4. The number of cyclic esters (lactones) is 1. The summed E-state index contributed by atoms with van der Waals surface area (Å²) in [6.07, 6.45) is 2.35. The third kappa shape index (κ3) is 2.98. The highest BCUT2D eigenvalue weighted by molar-refractivity contribution is 5.99. The molecule has 0 amide bonds. The van der Waals surface area contributed by atoms with Gasteiger partial charge in [0.2, 0.25) is 0 Å². The molecule has 2 N–H and O–H groups in total. The van der Waals surface area contributed by atoms with Gasteiger partial charge in [-0.1, -0.05) is 12.5 Å². The third-order valence-electron chi connectivity index (χ3n) is 12.7. The van der Waals surface area contributed by atoms with Crippen molar-refractivity contribution in [1.29, 1.82) is 0 Å². The van der Waals surface area contributed by atoms with Crippen molar-refractivity contribution < 1.29 is 38.8 Å². The van der Waals surface area contributed by atoms with Crippen LogP contribution in [0.15, 0.2) is 23.0 Å². The molecule has 5 fully saturated rings. The Balaban J connectivity index is 1.29. The van der Waals surface area contributed by atoms with Crippen molar-refractivity contribution in [2.45, 2.75) is 109 Å². The van der Waals surface area contributed by atoms with E-state index in [1.807, 2.05) is 13.8 Å². The molecule has 3 heterocycles. The van der Waals surface area contributed by atoms with E-state index >= 15 is 0 Å². The van der Waals surface area contributed by atoms with Crippen LogP contribution in [-0.4, -0.2) is 63.4 Å². The van der Waals surface area contributed by atoms with Gasteiger partial charge in [-0.3, -0.25) is 4.79 Å². The van der Waals surface area contributed by atoms with Crippen molar-refractivity contribution >= 4 is 17.5 Å². The van der Waals surface area contributed by atoms with Crippen LogP contribution >= 0.6 is 0 Å². The van der Waals surface area contributed by atoms with Crippen LogP contribution in [0.1, 0.15) is 73.6 Å². The molecule has 2 saturated heterocycles. The minimum absolute atomic E-state index is 0.0211. The monoisotopic (exact) mass is 540 g/mol. The zero-order valence-corrected chi connectivity index (χ0v) is 23.7. The fraction of sp³-hybridized carbons (Fsp3) is 0.774. The van der Waals surface area contributed by atoms with E-state index in [1.54, 1.807) is 26.8 Å². The van der Waals surface area contributed by atoms with Crippen LogP contribution in [0.3, 0.4) is 0 Å². The van der Waals surface area contributed by atoms with Gasteiger partial charge in [-0.15, -0.1) is 0 Å². The number of aliphatic hydroxyl groups is 2. The van der Waals surface area contributed by atoms with Gasteiger partial charge in [0, 0.05) is 35.8 Å². The molecular weight excluding hydrogens is 500 g/mol. The molecule has 8 nitrogen and oxygen atoms in total. The van der Waals surface area contributed by atoms with Gasteiger partial charge in [-0.05, 0) is 77.6 Å². The largest absolute Gasteiger partial charge is 0.479 e. The van der Waals surface area contributed by atoms with Crippen molar-refractivity contribution in [3.8, 4) is 0 Å². The molecule has 1 spiro atoms. The smallest absolute Gasteiger partial charge is 0.334 e. The van der Waals surface area contributed by atoms with E-state index in [0.29, 0.717) is 24.8 Å². The molecule has 0 aromatic rings. The predicted octanol–water partition coefficient (Wildman–Crippen LogP) is 3.04. The lowest BCUT2D eigenvalue weighted by Crippen LogP contribution is -2.66. The number of hydrogen-bond donors (Lipinski definition) is 2. The lowest BCUT2D eigenvalue weighted by atomic mass is 9.43. The van der Waals surface area contributed by atoms with Crippen LogP contribution in [0.2, 0.25) is 0 Å². The van der Waals surface area contributed by atoms with Gasteiger partial charge in [0.25, 0.3) is 0 Å². The van der Waals surface area contributed by atoms with Crippen LogP contribution in [0.25, 0.3) is 0 Å². The number of Topliss-reactive ketones (excluding diaryl/α,β-unsaturated/α-hetero) is 1. The number of carbonyl (C=O) groups is 3. The van der Waals surface area contributed by atoms with Crippen LogP contribution in [0.5, 0.6) is 0 Å². The first-order valence-corrected chi connectivity index (χ1v) is 14.6. The summed E-state index contributed by atoms with van der Waals surface area (Å²) in [4.78, 5) is 38.8. The Morgan fingerprint density at radius 2 is 1.85 bits per heavy atom. The Labute approximate surface area is 229 Å². The van der Waals surface area contributed by atoms with Crippen molar-refractivity contribution in [3.63, 3.8) is 0 Å². The standard InChI is InChI=1S/C31H40O8/c1-13-7-23(38-27(35)15(13)3)30(6,36)25-16(8-14(2)32)9-18-17-10-24-31(39-24)26-20(37-26)12-22(34)29(31,5)19(17)11-21(33)28(18,25)4/h12,16-19,21,23-26,33,36H,7-11H2,1-6H3/t16-,17-,18-,19-,21+,23+,24+,25-,26-,28+,29-,30-,31-/m0/s1. The van der Waals surface area contributed by atoms with E-state index in [9.17, 15) is 24.6 Å². The number of ketones is 2. The number of aliphatic hydroxyl groups excluding tert-OH is 1. The van der Waals surface area contributed by atoms with Gasteiger partial charge in [-0.2, -0.15) is 0 Å². The number of esters is 1. The first-order chi connectivity index (χ1) is 18.2. The molecule has 0 aromatic carbocycles. The van der Waals surface area contributed by atoms with Crippen molar-refractivity contribution in [2.75, 3.05) is 0 Å². The summed E-state index contributed by atoms with van der Waals surface area (Å²) in [5.41, 5.74) is -2.17. The second kappa shape index (κ2) is 7.62. The van der Waals surface area contributed by atoms with Crippen LogP contribution in [-0.2, 0) is 28.6 Å². The summed E-state index contributed by atoms with van der Waals surface area (Å²) < 4.78 is 18.0. The molecule has 3 aliphatic heterocycles. The van der Waals surface area contributed by atoms with Crippen molar-refractivity contribution in [1.82, 2.24) is 0 Å². The second-order valence-electron chi connectivity index (χ2n) is 14.3. The van der Waals surface area contributed by atoms with Gasteiger partial charge in [0.1, 0.15) is 23.2 Å². The van der Waals surface area contributed by atoms with Crippen LogP contribution in [0, 0.1) is 40.4 Å². The number of fused-ring (bicyclic) bond motifs is 5. The average molecular weight is 541 g/mol. The highest BCUT2D eigenvalue weighted by Gasteiger charge is 2.86. The zero-order valence-electron chi connectivity index (χ0n) is 23.7. The van der Waals surface area contributed by atoms with Gasteiger partial charge < -0.3 is 29.2 Å². The van der Waals surface area contributed by atoms with Gasteiger partial charge in [0.15, 0.2) is 17.5 Å². The molecule has 212 valence electrons. The molecule has 4 aliphatic carbocycles. The predicted molar refractivity (Wildman–Crippen MR) is 138 cm³/mol. The van der Waals surface area contributed by atoms with E-state index in [1.165, 1.54) is 0 Å². The zero-order chi connectivity index (χ0) is 28.0. The summed E-state index contributed by atoms with van der Waals surface area (Å²) in [6, 6.07) is 0.